The lowest BCUT2D eigenvalue weighted by Gasteiger charge is -2.18. The van der Waals surface area contributed by atoms with Crippen LogP contribution in [0.2, 0.25) is 0 Å². The molecule has 0 aromatic heterocycles. The van der Waals surface area contributed by atoms with E-state index in [1.807, 2.05) is 0 Å². The van der Waals surface area contributed by atoms with E-state index >= 15 is 0 Å². The number of aliphatic carboxylic acids is 1. The average molecular weight is 380 g/mol. The minimum atomic E-state index is -1.03. The molecule has 26 heavy (non-hydrogen) atoms. The summed E-state index contributed by atoms with van der Waals surface area (Å²) >= 11 is 0. The largest absolute Gasteiger partial charge is 0.480 e. The number of carbonyl (C=O) groups excluding carboxylic acids is 1. The van der Waals surface area contributed by atoms with Crippen LogP contribution in [0.25, 0.3) is 0 Å². The molecule has 0 rings (SSSR count). The molecule has 4 N–H and O–H groups in total. The van der Waals surface area contributed by atoms with Crippen LogP contribution < -0.4 is 11.1 Å². The molecular weight excluding hydrogens is 348 g/mol. The van der Waals surface area contributed by atoms with Gasteiger partial charge in [-0.2, -0.15) is 0 Å². The molecule has 0 fully saturated rings. The molecule has 0 aliphatic carbocycles. The normalized spacial score (nSPS) is 12.2. The van der Waals surface area contributed by atoms with Crippen molar-refractivity contribution in [1.82, 2.24) is 5.32 Å². The summed E-state index contributed by atoms with van der Waals surface area (Å²) in [5, 5.41) is 11.3. The first-order valence-corrected chi connectivity index (χ1v) is 8.57. The minimum Gasteiger partial charge on any atom is -0.480 e. The molecule has 154 valence electrons. The Morgan fingerprint density at radius 1 is 1.00 bits per heavy atom. The fourth-order valence-electron chi connectivity index (χ4n) is 1.83. The lowest BCUT2D eigenvalue weighted by molar-refractivity contribution is -0.138. The van der Waals surface area contributed by atoms with Gasteiger partial charge in [-0.15, -0.1) is 0 Å². The Morgan fingerprint density at radius 3 is 2.08 bits per heavy atom. The van der Waals surface area contributed by atoms with Crippen molar-refractivity contribution >= 4 is 12.1 Å². The maximum Gasteiger partial charge on any atom is 0.407 e. The van der Waals surface area contributed by atoms with Crippen LogP contribution in [0.5, 0.6) is 0 Å². The third-order valence-corrected chi connectivity index (χ3v) is 3.27. The van der Waals surface area contributed by atoms with Crippen LogP contribution in [0, 0.1) is 0 Å². The van der Waals surface area contributed by atoms with Crippen molar-refractivity contribution in [1.29, 1.82) is 0 Å². The van der Waals surface area contributed by atoms with Gasteiger partial charge in [-0.3, -0.25) is 4.79 Å². The van der Waals surface area contributed by atoms with Gasteiger partial charge in [-0.05, 0) is 19.3 Å². The van der Waals surface area contributed by atoms with Crippen molar-refractivity contribution in [3.63, 3.8) is 0 Å². The summed E-state index contributed by atoms with van der Waals surface area (Å²) in [6.07, 6.45) is 0.426. The van der Waals surface area contributed by atoms with E-state index < -0.39 is 24.2 Å². The van der Waals surface area contributed by atoms with Crippen molar-refractivity contribution < 1.29 is 38.4 Å². The number of methoxy groups -OCH3 is 2. The molecule has 0 aromatic rings. The van der Waals surface area contributed by atoms with E-state index in [4.69, 9.17) is 34.5 Å². The van der Waals surface area contributed by atoms with E-state index in [0.29, 0.717) is 52.2 Å². The summed E-state index contributed by atoms with van der Waals surface area (Å²) in [6.45, 7) is 2.42. The number of carboxylic acid groups (broad SMARTS) is 1. The topological polar surface area (TPSA) is 139 Å². The molecule has 0 aliphatic rings. The zero-order valence-corrected chi connectivity index (χ0v) is 15.6. The maximum atomic E-state index is 11.8. The van der Waals surface area contributed by atoms with Gasteiger partial charge < -0.3 is 39.8 Å². The maximum absolute atomic E-state index is 11.8. The summed E-state index contributed by atoms with van der Waals surface area (Å²) in [5.41, 5.74) is 5.40. The molecule has 0 saturated carbocycles. The third kappa shape index (κ3) is 14.8. The second-order valence-electron chi connectivity index (χ2n) is 5.53. The number of nitrogens with two attached hydrogens (primary N) is 1. The van der Waals surface area contributed by atoms with Crippen LogP contribution in [0.1, 0.15) is 19.3 Å². The third-order valence-electron chi connectivity index (χ3n) is 3.27. The van der Waals surface area contributed by atoms with Gasteiger partial charge in [0.05, 0.1) is 39.6 Å². The summed E-state index contributed by atoms with van der Waals surface area (Å²) in [6, 6.07) is -0.875. The molecule has 10 heteroatoms. The summed E-state index contributed by atoms with van der Waals surface area (Å²) in [7, 11) is 3.14. The van der Waals surface area contributed by atoms with Gasteiger partial charge in [-0.1, -0.05) is 0 Å². The summed E-state index contributed by atoms with van der Waals surface area (Å²) in [4.78, 5) is 22.4. The second-order valence-corrected chi connectivity index (χ2v) is 5.53. The number of carbonyl (C=O) groups is 2. The van der Waals surface area contributed by atoms with Crippen LogP contribution in [0.4, 0.5) is 4.79 Å². The highest BCUT2D eigenvalue weighted by molar-refractivity contribution is 5.72. The van der Waals surface area contributed by atoms with Gasteiger partial charge in [0, 0.05) is 20.8 Å². The lowest BCUT2D eigenvalue weighted by atomic mass is 10.1. The molecule has 0 aromatic carbocycles. The standard InChI is InChI=1S/C16H32N2O8/c1-22-7-9-24-11-13(12-25-10-8-23-2)26-16(21)18-6-4-3-5-14(17)15(19)20/h13-14H,3-12,17H2,1-2H3,(H,18,21)(H,19,20)/t14-/m1/s1. The first-order chi connectivity index (χ1) is 12.5. The second kappa shape index (κ2) is 17.0. The number of unbranched alkanes of at least 4 members (excludes halogenated alkanes) is 1. The zero-order chi connectivity index (χ0) is 19.6. The van der Waals surface area contributed by atoms with E-state index in [2.05, 4.69) is 5.32 Å². The number of carboxylic acids is 1. The first-order valence-electron chi connectivity index (χ1n) is 8.57. The minimum absolute atomic E-state index is 0.192. The van der Waals surface area contributed by atoms with E-state index in [0.717, 1.165) is 0 Å². The SMILES string of the molecule is COCCOCC(COCCOC)OC(=O)NCCCC[C@@H](N)C(=O)O. The van der Waals surface area contributed by atoms with Crippen LogP contribution in [-0.2, 0) is 28.5 Å². The van der Waals surface area contributed by atoms with Gasteiger partial charge in [0.2, 0.25) is 0 Å². The Kier molecular flexibility index (Phi) is 16.0. The number of hydrogen-bond acceptors (Lipinski definition) is 8. The van der Waals surface area contributed by atoms with Crippen LogP contribution in [0.3, 0.4) is 0 Å². The highest BCUT2D eigenvalue weighted by atomic mass is 16.6. The Balaban J connectivity index is 3.99. The van der Waals surface area contributed by atoms with Gasteiger partial charge in [0.15, 0.2) is 6.10 Å². The van der Waals surface area contributed by atoms with Gasteiger partial charge in [0.1, 0.15) is 6.04 Å². The Hall–Kier alpha value is -1.46. The van der Waals surface area contributed by atoms with Crippen LogP contribution >= 0.6 is 0 Å². The Morgan fingerprint density at radius 2 is 1.58 bits per heavy atom. The molecule has 0 aliphatic heterocycles. The predicted molar refractivity (Wildman–Crippen MR) is 93.1 cm³/mol. The number of rotatable bonds is 17. The van der Waals surface area contributed by atoms with Crippen molar-refractivity contribution in [2.24, 2.45) is 5.73 Å². The fourth-order valence-corrected chi connectivity index (χ4v) is 1.83. The highest BCUT2D eigenvalue weighted by Gasteiger charge is 2.15. The van der Waals surface area contributed by atoms with Gasteiger partial charge in [0.25, 0.3) is 0 Å². The lowest BCUT2D eigenvalue weighted by Crippen LogP contribution is -2.35. The van der Waals surface area contributed by atoms with Crippen molar-refractivity contribution in [2.75, 3.05) is 60.4 Å². The fraction of sp³-hybridized carbons (Fsp3) is 0.875. The molecule has 0 unspecified atom stereocenters. The van der Waals surface area contributed by atoms with Crippen molar-refractivity contribution in [3.8, 4) is 0 Å². The van der Waals surface area contributed by atoms with E-state index in [-0.39, 0.29) is 13.2 Å². The number of ether oxygens (including phenoxy) is 5. The molecule has 0 spiro atoms. The predicted octanol–water partition coefficient (Wildman–Crippen LogP) is -0.0106. The number of hydrogen-bond donors (Lipinski definition) is 3. The molecule has 10 nitrogen and oxygen atoms in total. The smallest absolute Gasteiger partial charge is 0.407 e. The first kappa shape index (κ1) is 24.5. The van der Waals surface area contributed by atoms with Gasteiger partial charge >= 0.3 is 12.1 Å². The summed E-state index contributed by atoms with van der Waals surface area (Å²) in [5.74, 6) is -1.03. The molecule has 1 atom stereocenters. The monoisotopic (exact) mass is 380 g/mol. The summed E-state index contributed by atoms with van der Waals surface area (Å²) < 4.78 is 25.8. The van der Waals surface area contributed by atoms with E-state index in [9.17, 15) is 9.59 Å². The van der Waals surface area contributed by atoms with Crippen molar-refractivity contribution in [2.45, 2.75) is 31.4 Å². The highest BCUT2D eigenvalue weighted by Crippen LogP contribution is 2.00. The average Bonchev–Trinajstić information content (AvgIpc) is 2.61. The molecule has 0 radical (unpaired) electrons. The van der Waals surface area contributed by atoms with Crippen LogP contribution in [0.15, 0.2) is 0 Å². The molecule has 1 amide bonds. The van der Waals surface area contributed by atoms with Crippen molar-refractivity contribution in [3.05, 3.63) is 0 Å². The Labute approximate surface area is 154 Å². The van der Waals surface area contributed by atoms with Gasteiger partial charge in [-0.25, -0.2) is 4.79 Å². The van der Waals surface area contributed by atoms with E-state index in [1.165, 1.54) is 0 Å². The quantitative estimate of drug-likeness (QED) is 0.297. The molecule has 0 heterocycles. The molecular formula is C16H32N2O8. The number of amides is 1. The molecule has 0 saturated heterocycles. The number of alkyl carbamates (subject to hydrolysis) is 1. The Bertz CT molecular complexity index is 358. The zero-order valence-electron chi connectivity index (χ0n) is 15.6. The van der Waals surface area contributed by atoms with Crippen LogP contribution in [-0.4, -0.2) is 89.7 Å². The molecule has 0 bridgehead atoms. The van der Waals surface area contributed by atoms with E-state index in [1.54, 1.807) is 14.2 Å². The number of nitrogens with one attached hydrogen (secondary N) is 1.